The molecule has 0 spiro atoms. The van der Waals surface area contributed by atoms with Gasteiger partial charge in [0.05, 0.1) is 0 Å². The molecule has 104 valence electrons. The molecule has 1 aromatic heterocycles. The van der Waals surface area contributed by atoms with Gasteiger partial charge >= 0.3 is 18.1 Å². The molecule has 0 saturated heterocycles. The summed E-state index contributed by atoms with van der Waals surface area (Å²) >= 11 is 0. The average Bonchev–Trinajstić information content (AvgIpc) is 2.25. The van der Waals surface area contributed by atoms with Crippen molar-refractivity contribution in [3.05, 3.63) is 27.3 Å². The van der Waals surface area contributed by atoms with Crippen LogP contribution in [0.3, 0.4) is 0 Å². The molecule has 0 radical (unpaired) electrons. The van der Waals surface area contributed by atoms with E-state index >= 15 is 0 Å². The van der Waals surface area contributed by atoms with Gasteiger partial charge in [-0.25, -0.2) is 8.78 Å². The van der Waals surface area contributed by atoms with Crippen LogP contribution in [-0.4, -0.2) is 22.6 Å². The molecule has 1 rings (SSSR count). The Hall–Kier alpha value is -2.33. The molecular weight excluding hydrogens is 283 g/mol. The van der Waals surface area contributed by atoms with Gasteiger partial charge in [-0.05, 0) is 11.0 Å². The van der Waals surface area contributed by atoms with Crippen molar-refractivity contribution in [2.75, 3.05) is 0 Å². The maximum absolute atomic E-state index is 12.5. The van der Waals surface area contributed by atoms with Crippen LogP contribution in [0.5, 0.6) is 5.88 Å². The minimum atomic E-state index is -5.35. The van der Waals surface area contributed by atoms with Crippen LogP contribution in [0.1, 0.15) is 22.3 Å². The molecule has 0 bridgehead atoms. The molecule has 19 heavy (non-hydrogen) atoms. The van der Waals surface area contributed by atoms with Crippen molar-refractivity contribution >= 4 is 12.1 Å². The number of rotatable bonds is 4. The maximum Gasteiger partial charge on any atom is 0.575 e. The smallest absolute Gasteiger partial charge is 0.366 e. The normalized spacial score (nSPS) is 11.5. The monoisotopic (exact) mass is 286 g/mol. The molecule has 0 aliphatic carbocycles. The molecular formula is C8H3F5N2O4. The second-order valence-electron chi connectivity index (χ2n) is 3.02. The molecule has 11 heteroatoms. The number of carbonyl (C=O) groups excluding carboxylic acids is 1. The molecule has 0 fully saturated rings. The van der Waals surface area contributed by atoms with E-state index in [-0.39, 0.29) is 12.4 Å². The summed E-state index contributed by atoms with van der Waals surface area (Å²) in [6.07, 6.45) is -8.98. The fourth-order valence-electron chi connectivity index (χ4n) is 1.10. The van der Waals surface area contributed by atoms with Gasteiger partial charge in [-0.15, -0.1) is 13.2 Å². The van der Waals surface area contributed by atoms with Crippen molar-refractivity contribution in [3.8, 4) is 5.88 Å². The SMILES string of the molecule is O=Cc1cc(C(F)F)c(OC(F)(F)F)nc1[N+](=O)[O-]. The number of ether oxygens (including phenoxy) is 1. The zero-order valence-corrected chi connectivity index (χ0v) is 8.65. The number of aldehydes is 1. The molecule has 0 aliphatic rings. The third kappa shape index (κ3) is 3.56. The van der Waals surface area contributed by atoms with Gasteiger partial charge in [-0.3, -0.25) is 4.79 Å². The summed E-state index contributed by atoms with van der Waals surface area (Å²) in [6.45, 7) is 0. The van der Waals surface area contributed by atoms with Gasteiger partial charge in [0.25, 0.3) is 6.43 Å². The van der Waals surface area contributed by atoms with E-state index in [2.05, 4.69) is 9.72 Å². The van der Waals surface area contributed by atoms with E-state index in [0.29, 0.717) is 0 Å². The van der Waals surface area contributed by atoms with Crippen molar-refractivity contribution in [3.63, 3.8) is 0 Å². The van der Waals surface area contributed by atoms with Crippen LogP contribution in [-0.2, 0) is 0 Å². The number of nitro groups is 1. The first-order chi connectivity index (χ1) is 8.65. The topological polar surface area (TPSA) is 82.3 Å². The summed E-state index contributed by atoms with van der Waals surface area (Å²) in [5.41, 5.74) is -2.25. The zero-order chi connectivity index (χ0) is 14.8. The van der Waals surface area contributed by atoms with Crippen molar-refractivity contribution in [1.29, 1.82) is 0 Å². The van der Waals surface area contributed by atoms with Gasteiger partial charge in [0.2, 0.25) is 0 Å². The lowest BCUT2D eigenvalue weighted by molar-refractivity contribution is -0.390. The molecule has 0 unspecified atom stereocenters. The van der Waals surface area contributed by atoms with E-state index in [1.165, 1.54) is 0 Å². The number of nitrogens with zero attached hydrogens (tertiary/aromatic N) is 2. The number of hydrogen-bond donors (Lipinski definition) is 0. The molecule has 0 aromatic carbocycles. The molecule has 0 amide bonds. The van der Waals surface area contributed by atoms with Crippen LogP contribution >= 0.6 is 0 Å². The average molecular weight is 286 g/mol. The number of halogens is 5. The predicted molar refractivity (Wildman–Crippen MR) is 47.9 cm³/mol. The molecule has 0 aliphatic heterocycles. The number of hydrogen-bond acceptors (Lipinski definition) is 5. The summed E-state index contributed by atoms with van der Waals surface area (Å²) in [7, 11) is 0. The molecule has 0 atom stereocenters. The van der Waals surface area contributed by atoms with E-state index in [4.69, 9.17) is 0 Å². The molecule has 1 aromatic rings. The van der Waals surface area contributed by atoms with Gasteiger partial charge in [0, 0.05) is 4.98 Å². The predicted octanol–water partition coefficient (Wildman–Crippen LogP) is 2.64. The number of pyridine rings is 1. The highest BCUT2D eigenvalue weighted by molar-refractivity contribution is 5.80. The van der Waals surface area contributed by atoms with Crippen LogP contribution in [0.4, 0.5) is 27.8 Å². The Labute approximate surface area is 101 Å². The Morgan fingerprint density at radius 1 is 1.42 bits per heavy atom. The lowest BCUT2D eigenvalue weighted by atomic mass is 10.2. The zero-order valence-electron chi connectivity index (χ0n) is 8.65. The van der Waals surface area contributed by atoms with Crippen LogP contribution in [0.2, 0.25) is 0 Å². The number of alkyl halides is 5. The van der Waals surface area contributed by atoms with E-state index in [0.717, 1.165) is 0 Å². The first kappa shape index (κ1) is 14.7. The van der Waals surface area contributed by atoms with Crippen LogP contribution in [0.15, 0.2) is 6.07 Å². The van der Waals surface area contributed by atoms with E-state index in [1.54, 1.807) is 0 Å². The van der Waals surface area contributed by atoms with Crippen LogP contribution < -0.4 is 4.74 Å². The summed E-state index contributed by atoms with van der Waals surface area (Å²) in [5, 5.41) is 10.4. The first-order valence-electron chi connectivity index (χ1n) is 4.34. The highest BCUT2D eigenvalue weighted by Gasteiger charge is 2.38. The van der Waals surface area contributed by atoms with Gasteiger partial charge in [-0.2, -0.15) is 0 Å². The van der Waals surface area contributed by atoms with Gasteiger partial charge in [0.1, 0.15) is 11.1 Å². The summed E-state index contributed by atoms with van der Waals surface area (Å²) in [5.74, 6) is -2.97. The van der Waals surface area contributed by atoms with Crippen molar-refractivity contribution in [2.45, 2.75) is 12.8 Å². The fraction of sp³-hybridized carbons (Fsp3) is 0.250. The third-order valence-corrected chi connectivity index (χ3v) is 1.77. The Balaban J connectivity index is 3.45. The van der Waals surface area contributed by atoms with Crippen LogP contribution in [0.25, 0.3) is 0 Å². The lowest BCUT2D eigenvalue weighted by Crippen LogP contribution is -2.20. The lowest BCUT2D eigenvalue weighted by Gasteiger charge is -2.09. The van der Waals surface area contributed by atoms with Crippen molar-refractivity contribution in [2.24, 2.45) is 0 Å². The summed E-state index contributed by atoms with van der Waals surface area (Å²) in [4.78, 5) is 22.3. The Morgan fingerprint density at radius 2 is 2.00 bits per heavy atom. The van der Waals surface area contributed by atoms with E-state index < -0.39 is 40.5 Å². The number of aromatic nitrogens is 1. The first-order valence-corrected chi connectivity index (χ1v) is 4.34. The molecule has 6 nitrogen and oxygen atoms in total. The molecule has 1 heterocycles. The van der Waals surface area contributed by atoms with E-state index in [9.17, 15) is 36.9 Å². The third-order valence-electron chi connectivity index (χ3n) is 1.77. The van der Waals surface area contributed by atoms with Gasteiger partial charge in [-0.1, -0.05) is 0 Å². The Bertz CT molecular complexity index is 517. The fourth-order valence-corrected chi connectivity index (χ4v) is 1.10. The maximum atomic E-state index is 12.5. The van der Waals surface area contributed by atoms with E-state index in [1.807, 2.05) is 0 Å². The molecule has 0 N–H and O–H groups in total. The minimum absolute atomic E-state index is 0.172. The van der Waals surface area contributed by atoms with Crippen molar-refractivity contribution in [1.82, 2.24) is 4.98 Å². The Morgan fingerprint density at radius 3 is 2.37 bits per heavy atom. The highest BCUT2D eigenvalue weighted by Crippen LogP contribution is 2.34. The van der Waals surface area contributed by atoms with Crippen LogP contribution in [0, 0.1) is 10.1 Å². The molecule has 0 saturated carbocycles. The Kier molecular flexibility index (Phi) is 3.97. The number of carbonyl (C=O) groups is 1. The van der Waals surface area contributed by atoms with Gasteiger partial charge < -0.3 is 14.9 Å². The summed E-state index contributed by atoms with van der Waals surface area (Å²) in [6, 6.07) is 0.226. The summed E-state index contributed by atoms with van der Waals surface area (Å²) < 4.78 is 64.0. The largest absolute Gasteiger partial charge is 0.575 e. The second-order valence-corrected chi connectivity index (χ2v) is 3.02. The second kappa shape index (κ2) is 5.12. The highest BCUT2D eigenvalue weighted by atomic mass is 19.4. The quantitative estimate of drug-likeness (QED) is 0.368. The standard InChI is InChI=1S/C8H3F5N2O4/c9-5(10)4-1-3(2-16)6(15(17)18)14-7(4)19-8(11,12)13/h1-2,5H. The van der Waals surface area contributed by atoms with Crippen molar-refractivity contribution < 1.29 is 36.4 Å². The minimum Gasteiger partial charge on any atom is -0.366 e. The van der Waals surface area contributed by atoms with Gasteiger partial charge in [0.15, 0.2) is 6.29 Å².